The first-order valence-electron chi connectivity index (χ1n) is 4.22. The third kappa shape index (κ3) is 2.53. The van der Waals surface area contributed by atoms with Crippen molar-refractivity contribution in [1.82, 2.24) is 30.7 Å². The fourth-order valence-electron chi connectivity index (χ4n) is 0.975. The second-order valence-corrected chi connectivity index (χ2v) is 2.73. The number of aromatic amines is 2. The molecule has 0 unspecified atom stereocenters. The topological polar surface area (TPSA) is 111 Å². The maximum absolute atomic E-state index is 11.3. The predicted molar refractivity (Wildman–Crippen MR) is 50.8 cm³/mol. The monoisotopic (exact) mass is 207 g/mol. The van der Waals surface area contributed by atoms with Crippen molar-refractivity contribution in [1.29, 1.82) is 0 Å². The van der Waals surface area contributed by atoms with Crippen molar-refractivity contribution in [3.05, 3.63) is 24.5 Å². The summed E-state index contributed by atoms with van der Waals surface area (Å²) in [7, 11) is 0. The zero-order chi connectivity index (χ0) is 10.5. The van der Waals surface area contributed by atoms with E-state index in [1.54, 1.807) is 6.20 Å². The molecule has 2 heterocycles. The molecule has 0 aromatic carbocycles. The largest absolute Gasteiger partial charge is 0.331 e. The molecule has 0 aliphatic rings. The molecule has 2 amide bonds. The number of anilines is 1. The van der Waals surface area contributed by atoms with Gasteiger partial charge in [-0.3, -0.25) is 10.2 Å². The van der Waals surface area contributed by atoms with Crippen LogP contribution in [0.2, 0.25) is 0 Å². The number of H-pyrrole nitrogens is 2. The van der Waals surface area contributed by atoms with Gasteiger partial charge in [-0.2, -0.15) is 10.2 Å². The number of amides is 2. The van der Waals surface area contributed by atoms with Crippen LogP contribution in [-0.2, 0) is 6.54 Å². The Morgan fingerprint density at radius 2 is 2.40 bits per heavy atom. The van der Waals surface area contributed by atoms with Crippen LogP contribution in [0.3, 0.4) is 0 Å². The molecule has 15 heavy (non-hydrogen) atoms. The zero-order valence-corrected chi connectivity index (χ0v) is 7.69. The summed E-state index contributed by atoms with van der Waals surface area (Å²) < 4.78 is 0. The minimum absolute atomic E-state index is 0.295. The highest BCUT2D eigenvalue weighted by Crippen LogP contribution is 1.99. The Morgan fingerprint density at radius 3 is 3.07 bits per heavy atom. The molecule has 0 aliphatic carbocycles. The highest BCUT2D eigenvalue weighted by molar-refractivity contribution is 5.88. The highest BCUT2D eigenvalue weighted by Gasteiger charge is 2.02. The van der Waals surface area contributed by atoms with Crippen molar-refractivity contribution in [3.8, 4) is 0 Å². The lowest BCUT2D eigenvalue weighted by Crippen LogP contribution is -2.28. The van der Waals surface area contributed by atoms with Crippen LogP contribution in [0.4, 0.5) is 10.5 Å². The molecular formula is C7H9N7O. The zero-order valence-electron chi connectivity index (χ0n) is 7.69. The van der Waals surface area contributed by atoms with E-state index >= 15 is 0 Å². The summed E-state index contributed by atoms with van der Waals surface area (Å²) >= 11 is 0. The van der Waals surface area contributed by atoms with Crippen molar-refractivity contribution >= 4 is 11.7 Å². The minimum Gasteiger partial charge on any atom is -0.331 e. The number of nitrogens with zero attached hydrogens (tertiary/aromatic N) is 3. The maximum atomic E-state index is 11.3. The Labute approximate surface area is 84.5 Å². The highest BCUT2D eigenvalue weighted by atomic mass is 16.2. The molecule has 4 N–H and O–H groups in total. The third-order valence-corrected chi connectivity index (χ3v) is 1.64. The number of urea groups is 1. The molecule has 2 aromatic rings. The van der Waals surface area contributed by atoms with Crippen molar-refractivity contribution in [2.24, 2.45) is 0 Å². The van der Waals surface area contributed by atoms with Gasteiger partial charge in [0.05, 0.1) is 18.4 Å². The minimum atomic E-state index is -0.326. The lowest BCUT2D eigenvalue weighted by Gasteiger charge is -2.02. The summed E-state index contributed by atoms with van der Waals surface area (Å²) in [5.41, 5.74) is 0.602. The van der Waals surface area contributed by atoms with Crippen LogP contribution >= 0.6 is 0 Å². The average Bonchev–Trinajstić information content (AvgIpc) is 2.86. The van der Waals surface area contributed by atoms with Gasteiger partial charge >= 0.3 is 6.03 Å². The molecule has 0 spiro atoms. The van der Waals surface area contributed by atoms with E-state index in [2.05, 4.69) is 36.0 Å². The van der Waals surface area contributed by atoms with Crippen LogP contribution in [0.15, 0.2) is 18.7 Å². The molecule has 2 rings (SSSR count). The van der Waals surface area contributed by atoms with E-state index in [0.29, 0.717) is 18.1 Å². The molecule has 0 fully saturated rings. The molecule has 8 heteroatoms. The number of carbonyl (C=O) groups is 1. The summed E-state index contributed by atoms with van der Waals surface area (Å²) in [6, 6.07) is -0.326. The Kier molecular flexibility index (Phi) is 2.59. The van der Waals surface area contributed by atoms with Crippen molar-refractivity contribution in [3.63, 3.8) is 0 Å². The number of carbonyl (C=O) groups excluding carboxylic acids is 1. The summed E-state index contributed by atoms with van der Waals surface area (Å²) in [5, 5.41) is 17.7. The van der Waals surface area contributed by atoms with E-state index in [0.717, 1.165) is 0 Å². The lowest BCUT2D eigenvalue weighted by atomic mass is 10.5. The van der Waals surface area contributed by atoms with Crippen LogP contribution in [-0.4, -0.2) is 31.4 Å². The van der Waals surface area contributed by atoms with E-state index in [-0.39, 0.29) is 6.03 Å². The molecular weight excluding hydrogens is 198 g/mol. The third-order valence-electron chi connectivity index (χ3n) is 1.64. The second-order valence-electron chi connectivity index (χ2n) is 2.73. The normalized spacial score (nSPS) is 9.87. The van der Waals surface area contributed by atoms with Gasteiger partial charge in [-0.05, 0) is 0 Å². The Bertz CT molecular complexity index is 406. The lowest BCUT2D eigenvalue weighted by molar-refractivity contribution is 0.251. The average molecular weight is 207 g/mol. The molecule has 0 saturated heterocycles. The Hall–Kier alpha value is -2.38. The predicted octanol–water partition coefficient (Wildman–Crippen LogP) is -0.151. The number of nitrogens with one attached hydrogen (secondary N) is 4. The SMILES string of the molecule is O=C(NCc1ncn[nH]1)Nc1cn[nH]c1. The van der Waals surface area contributed by atoms with Crippen molar-refractivity contribution in [2.75, 3.05) is 5.32 Å². The van der Waals surface area contributed by atoms with E-state index in [1.165, 1.54) is 12.5 Å². The second kappa shape index (κ2) is 4.22. The fourth-order valence-corrected chi connectivity index (χ4v) is 0.975. The summed E-state index contributed by atoms with van der Waals surface area (Å²) in [4.78, 5) is 15.1. The van der Waals surface area contributed by atoms with Gasteiger partial charge in [0.15, 0.2) is 0 Å². The van der Waals surface area contributed by atoms with Gasteiger partial charge in [-0.25, -0.2) is 9.78 Å². The van der Waals surface area contributed by atoms with Crippen LogP contribution in [0.1, 0.15) is 5.82 Å². The van der Waals surface area contributed by atoms with E-state index in [9.17, 15) is 4.79 Å². The van der Waals surface area contributed by atoms with E-state index in [4.69, 9.17) is 0 Å². The van der Waals surface area contributed by atoms with E-state index < -0.39 is 0 Å². The van der Waals surface area contributed by atoms with Gasteiger partial charge in [0.25, 0.3) is 0 Å². The number of hydrogen-bond acceptors (Lipinski definition) is 4. The number of rotatable bonds is 3. The van der Waals surface area contributed by atoms with Crippen molar-refractivity contribution < 1.29 is 4.79 Å². The molecule has 0 aliphatic heterocycles. The molecule has 8 nitrogen and oxygen atoms in total. The molecule has 0 bridgehead atoms. The number of hydrogen-bond donors (Lipinski definition) is 4. The standard InChI is InChI=1S/C7H9N7O/c15-7(13-5-1-10-11-2-5)8-3-6-9-4-12-14-6/h1-2,4H,3H2,(H,10,11)(H2,8,13,15)(H,9,12,14). The van der Waals surface area contributed by atoms with Crippen LogP contribution in [0.25, 0.3) is 0 Å². The molecule has 0 atom stereocenters. The fraction of sp³-hybridized carbons (Fsp3) is 0.143. The first kappa shape index (κ1) is 9.19. The molecule has 78 valence electrons. The van der Waals surface area contributed by atoms with Crippen molar-refractivity contribution in [2.45, 2.75) is 6.54 Å². The first-order chi connectivity index (χ1) is 7.34. The van der Waals surface area contributed by atoms with Gasteiger partial charge in [0, 0.05) is 6.20 Å². The summed E-state index contributed by atoms with van der Waals surface area (Å²) in [6.07, 6.45) is 4.47. The van der Waals surface area contributed by atoms with Gasteiger partial charge in [-0.15, -0.1) is 0 Å². The molecule has 2 aromatic heterocycles. The van der Waals surface area contributed by atoms with Gasteiger partial charge in [0.1, 0.15) is 12.2 Å². The Morgan fingerprint density at radius 1 is 1.47 bits per heavy atom. The number of aromatic nitrogens is 5. The Balaban J connectivity index is 1.78. The van der Waals surface area contributed by atoms with Crippen LogP contribution < -0.4 is 10.6 Å². The van der Waals surface area contributed by atoms with Crippen LogP contribution in [0, 0.1) is 0 Å². The molecule has 0 saturated carbocycles. The van der Waals surface area contributed by atoms with Gasteiger partial charge in [-0.1, -0.05) is 0 Å². The smallest absolute Gasteiger partial charge is 0.319 e. The first-order valence-corrected chi connectivity index (χ1v) is 4.22. The maximum Gasteiger partial charge on any atom is 0.319 e. The van der Waals surface area contributed by atoms with Gasteiger partial charge in [0.2, 0.25) is 0 Å². The van der Waals surface area contributed by atoms with Crippen LogP contribution in [0.5, 0.6) is 0 Å². The summed E-state index contributed by atoms with van der Waals surface area (Å²) in [6.45, 7) is 0.295. The quantitative estimate of drug-likeness (QED) is 0.560. The summed E-state index contributed by atoms with van der Waals surface area (Å²) in [5.74, 6) is 0.595. The molecule has 0 radical (unpaired) electrons. The van der Waals surface area contributed by atoms with Gasteiger partial charge < -0.3 is 10.6 Å². The van der Waals surface area contributed by atoms with E-state index in [1.807, 2.05) is 0 Å².